The molecule has 0 fully saturated rings. The molecule has 0 bridgehead atoms. The van der Waals surface area contributed by atoms with Crippen LogP contribution in [0, 0.1) is 4.91 Å². The Hall–Kier alpha value is -0.300. The van der Waals surface area contributed by atoms with Gasteiger partial charge in [-0.15, -0.1) is 0 Å². The van der Waals surface area contributed by atoms with E-state index in [0.717, 1.165) is 0 Å². The van der Waals surface area contributed by atoms with Crippen LogP contribution in [0.15, 0.2) is 0 Å². The van der Waals surface area contributed by atoms with E-state index >= 15 is 0 Å². The first-order valence-electron chi connectivity index (χ1n) is 3.89. The van der Waals surface area contributed by atoms with Gasteiger partial charge >= 0.3 is 5.09 Å². The van der Waals surface area contributed by atoms with Gasteiger partial charge < -0.3 is 10.2 Å². The summed E-state index contributed by atoms with van der Waals surface area (Å²) in [6.07, 6.45) is 0.226. The Morgan fingerprint density at radius 2 is 1.43 bits per heavy atom. The first kappa shape index (κ1) is 13.7. The van der Waals surface area contributed by atoms with E-state index in [4.69, 9.17) is 33.4 Å². The van der Waals surface area contributed by atoms with Crippen LogP contribution in [0.3, 0.4) is 0 Å². The molecule has 0 aromatic heterocycles. The minimum absolute atomic E-state index is 0.0579. The molecular formula is C6H12Cl2NO5+. The van der Waals surface area contributed by atoms with Crippen LogP contribution in [0.4, 0.5) is 0 Å². The first-order valence-corrected chi connectivity index (χ1v) is 4.77. The summed E-state index contributed by atoms with van der Waals surface area (Å²) < 4.78 is 0. The van der Waals surface area contributed by atoms with Crippen LogP contribution < -0.4 is 0 Å². The molecule has 84 valence electrons. The number of halogens is 2. The lowest BCUT2D eigenvalue weighted by Crippen LogP contribution is -2.15. The highest BCUT2D eigenvalue weighted by Gasteiger charge is 2.13. The van der Waals surface area contributed by atoms with Crippen molar-refractivity contribution in [2.75, 3.05) is 13.2 Å². The van der Waals surface area contributed by atoms with Crippen molar-refractivity contribution in [1.29, 1.82) is 0 Å². The third-order valence-corrected chi connectivity index (χ3v) is 1.54. The molecule has 0 saturated heterocycles. The molecule has 0 radical (unpaired) electrons. The SMILES string of the molecule is O=[N+](OCCC(O)Cl)OCCC(O)Cl. The number of nitrogens with zero attached hydrogens (tertiary/aromatic N) is 1. The van der Waals surface area contributed by atoms with Crippen LogP contribution in [0.1, 0.15) is 12.8 Å². The number of rotatable bonds is 8. The molecule has 0 amide bonds. The monoisotopic (exact) mass is 248 g/mol. The maximum Gasteiger partial charge on any atom is 0.477 e. The summed E-state index contributed by atoms with van der Waals surface area (Å²) in [7, 11) is 0. The molecule has 0 aromatic rings. The molecule has 0 heterocycles. The highest BCUT2D eigenvalue weighted by molar-refractivity contribution is 6.19. The van der Waals surface area contributed by atoms with E-state index in [-0.39, 0.29) is 31.1 Å². The summed E-state index contributed by atoms with van der Waals surface area (Å²) >= 11 is 10.3. The normalized spacial score (nSPS) is 14.6. The van der Waals surface area contributed by atoms with Gasteiger partial charge in [0.15, 0.2) is 13.2 Å². The van der Waals surface area contributed by atoms with E-state index in [1.165, 1.54) is 0 Å². The smallest absolute Gasteiger partial charge is 0.378 e. The Morgan fingerprint density at radius 3 is 1.71 bits per heavy atom. The van der Waals surface area contributed by atoms with Gasteiger partial charge in [0.25, 0.3) is 0 Å². The number of hydrogen-bond acceptors (Lipinski definition) is 5. The summed E-state index contributed by atoms with van der Waals surface area (Å²) in [6.45, 7) is -0.116. The zero-order valence-corrected chi connectivity index (χ0v) is 8.82. The molecule has 0 spiro atoms. The van der Waals surface area contributed by atoms with Crippen LogP contribution in [0.5, 0.6) is 0 Å². The maximum atomic E-state index is 10.6. The molecule has 8 heteroatoms. The van der Waals surface area contributed by atoms with Crippen molar-refractivity contribution in [3.05, 3.63) is 4.91 Å². The molecule has 0 aliphatic heterocycles. The van der Waals surface area contributed by atoms with Crippen molar-refractivity contribution in [3.8, 4) is 0 Å². The van der Waals surface area contributed by atoms with Crippen molar-refractivity contribution < 1.29 is 25.0 Å². The second-order valence-electron chi connectivity index (χ2n) is 2.34. The van der Waals surface area contributed by atoms with Crippen LogP contribution in [0.2, 0.25) is 0 Å². The van der Waals surface area contributed by atoms with Crippen LogP contribution in [0.25, 0.3) is 0 Å². The van der Waals surface area contributed by atoms with Crippen molar-refractivity contribution >= 4 is 23.2 Å². The van der Waals surface area contributed by atoms with Crippen LogP contribution in [-0.2, 0) is 9.68 Å². The van der Waals surface area contributed by atoms with E-state index in [9.17, 15) is 4.91 Å². The molecule has 2 unspecified atom stereocenters. The summed E-state index contributed by atoms with van der Waals surface area (Å²) in [6, 6.07) is 0. The molecule has 0 aliphatic rings. The molecule has 6 nitrogen and oxygen atoms in total. The van der Waals surface area contributed by atoms with Gasteiger partial charge in [-0.1, -0.05) is 23.2 Å². The van der Waals surface area contributed by atoms with E-state index in [0.29, 0.717) is 0 Å². The highest BCUT2D eigenvalue weighted by atomic mass is 35.5. The van der Waals surface area contributed by atoms with Crippen molar-refractivity contribution in [3.63, 3.8) is 0 Å². The molecule has 0 saturated carbocycles. The molecule has 0 aromatic carbocycles. The first-order chi connectivity index (χ1) is 6.52. The van der Waals surface area contributed by atoms with E-state index in [2.05, 4.69) is 9.68 Å². The maximum absolute atomic E-state index is 10.6. The van der Waals surface area contributed by atoms with Gasteiger partial charge in [0.05, 0.1) is 0 Å². The Morgan fingerprint density at radius 1 is 1.07 bits per heavy atom. The van der Waals surface area contributed by atoms with Gasteiger partial charge in [-0.2, -0.15) is 9.68 Å². The topological polar surface area (TPSA) is 79.0 Å². The lowest BCUT2D eigenvalue weighted by Gasteiger charge is -1.98. The minimum atomic E-state index is -1.05. The fourth-order valence-electron chi connectivity index (χ4n) is 0.486. The van der Waals surface area contributed by atoms with Gasteiger partial charge in [-0.25, -0.2) is 0 Å². The summed E-state index contributed by atoms with van der Waals surface area (Å²) in [5.74, 6) is 0. The number of alkyl halides is 2. The van der Waals surface area contributed by atoms with Gasteiger partial charge in [0, 0.05) is 12.8 Å². The Bertz CT molecular complexity index is 150. The molecule has 0 aliphatic carbocycles. The van der Waals surface area contributed by atoms with Crippen molar-refractivity contribution in [2.24, 2.45) is 0 Å². The van der Waals surface area contributed by atoms with Crippen LogP contribution in [-0.4, -0.2) is 39.6 Å². The Balaban J connectivity index is 3.28. The fourth-order valence-corrected chi connectivity index (χ4v) is 0.664. The Kier molecular flexibility index (Phi) is 7.87. The summed E-state index contributed by atoms with van der Waals surface area (Å²) in [4.78, 5) is 19.5. The standard InChI is InChI=1S/C6H12Cl2NO5/c7-5(10)1-3-13-9(12)14-4-2-6(8)11/h5-6,10-11H,1-4H2/q+1. The van der Waals surface area contributed by atoms with Gasteiger partial charge in [0.2, 0.25) is 0 Å². The quantitative estimate of drug-likeness (QED) is 0.484. The average molecular weight is 249 g/mol. The molecule has 2 atom stereocenters. The third kappa shape index (κ3) is 9.79. The largest absolute Gasteiger partial charge is 0.477 e. The number of aliphatic hydroxyl groups is 2. The van der Waals surface area contributed by atoms with E-state index < -0.39 is 11.1 Å². The fraction of sp³-hybridized carbons (Fsp3) is 1.00. The second-order valence-corrected chi connectivity index (χ2v) is 3.34. The lowest BCUT2D eigenvalue weighted by atomic mass is 10.5. The second kappa shape index (κ2) is 8.05. The van der Waals surface area contributed by atoms with Crippen molar-refractivity contribution in [1.82, 2.24) is 0 Å². The zero-order valence-electron chi connectivity index (χ0n) is 7.31. The van der Waals surface area contributed by atoms with E-state index in [1.807, 2.05) is 0 Å². The summed E-state index contributed by atoms with van der Waals surface area (Å²) in [5, 5.41) is 17.1. The average Bonchev–Trinajstić information content (AvgIpc) is 2.02. The minimum Gasteiger partial charge on any atom is -0.378 e. The van der Waals surface area contributed by atoms with Gasteiger partial charge in [-0.05, 0) is 0 Å². The van der Waals surface area contributed by atoms with E-state index in [1.54, 1.807) is 0 Å². The summed E-state index contributed by atoms with van der Waals surface area (Å²) in [5.41, 5.74) is -2.10. The number of hydrogen-bond donors (Lipinski definition) is 2. The van der Waals surface area contributed by atoms with Crippen LogP contribution >= 0.6 is 23.2 Å². The lowest BCUT2D eigenvalue weighted by molar-refractivity contribution is -0.981. The molecule has 2 N–H and O–H groups in total. The molecular weight excluding hydrogens is 237 g/mol. The van der Waals surface area contributed by atoms with Crippen molar-refractivity contribution in [2.45, 2.75) is 24.0 Å². The predicted molar refractivity (Wildman–Crippen MR) is 48.5 cm³/mol. The highest BCUT2D eigenvalue weighted by Crippen LogP contribution is 1.99. The predicted octanol–water partition coefficient (Wildman–Crippen LogP) is 0.523. The zero-order chi connectivity index (χ0) is 11.0. The van der Waals surface area contributed by atoms with Gasteiger partial charge in [-0.3, -0.25) is 0 Å². The third-order valence-electron chi connectivity index (χ3n) is 1.11. The number of aliphatic hydroxyl groups excluding tert-OH is 2. The molecule has 14 heavy (non-hydrogen) atoms. The van der Waals surface area contributed by atoms with Gasteiger partial charge in [0.1, 0.15) is 16.0 Å². The Labute approximate surface area is 90.8 Å². The molecule has 0 rings (SSSR count).